The summed E-state index contributed by atoms with van der Waals surface area (Å²) < 4.78 is 21.5. The first-order valence-electron chi connectivity index (χ1n) is 3.02. The second-order valence-electron chi connectivity index (χ2n) is 2.27. The second kappa shape index (κ2) is 2.14. The van der Waals surface area contributed by atoms with Crippen molar-refractivity contribution in [3.8, 4) is 0 Å². The summed E-state index contributed by atoms with van der Waals surface area (Å²) in [7, 11) is -2.70. The number of hydrogen-bond acceptors (Lipinski definition) is 2. The van der Waals surface area contributed by atoms with E-state index in [2.05, 4.69) is 0 Å². The molecular weight excluding hydrogens is 136 g/mol. The Kier molecular flexibility index (Phi) is 1.62. The molecule has 0 aromatic heterocycles. The van der Waals surface area contributed by atoms with E-state index in [0.29, 0.717) is 5.75 Å². The van der Waals surface area contributed by atoms with Gasteiger partial charge in [-0.15, -0.1) is 0 Å². The summed E-state index contributed by atoms with van der Waals surface area (Å²) >= 11 is 0. The van der Waals surface area contributed by atoms with E-state index in [1.807, 2.05) is 13.0 Å². The minimum atomic E-state index is -2.70. The molecular formula is C6H10O2S. The minimum Gasteiger partial charge on any atom is -0.228 e. The summed E-state index contributed by atoms with van der Waals surface area (Å²) in [6, 6.07) is 0. The van der Waals surface area contributed by atoms with Gasteiger partial charge >= 0.3 is 0 Å². The van der Waals surface area contributed by atoms with Crippen molar-refractivity contribution in [3.63, 3.8) is 0 Å². The third kappa shape index (κ3) is 1.55. The summed E-state index contributed by atoms with van der Waals surface area (Å²) in [6.45, 7) is 1.98. The topological polar surface area (TPSA) is 34.1 Å². The van der Waals surface area contributed by atoms with Gasteiger partial charge in [0.1, 0.15) is 0 Å². The van der Waals surface area contributed by atoms with Gasteiger partial charge in [-0.2, -0.15) is 0 Å². The van der Waals surface area contributed by atoms with Crippen LogP contribution in [-0.2, 0) is 9.84 Å². The van der Waals surface area contributed by atoms with Gasteiger partial charge in [-0.1, -0.05) is 18.6 Å². The molecule has 0 aromatic carbocycles. The maximum absolute atomic E-state index is 10.7. The third-order valence-corrected chi connectivity index (χ3v) is 2.97. The molecule has 1 rings (SSSR count). The van der Waals surface area contributed by atoms with Crippen molar-refractivity contribution in [2.75, 3.05) is 11.5 Å². The summed E-state index contributed by atoms with van der Waals surface area (Å²) in [5.74, 6) is 0.555. The Bertz CT molecular complexity index is 223. The summed E-state index contributed by atoms with van der Waals surface area (Å²) in [4.78, 5) is 0. The van der Waals surface area contributed by atoms with Gasteiger partial charge in [0.05, 0.1) is 11.5 Å². The molecule has 9 heavy (non-hydrogen) atoms. The van der Waals surface area contributed by atoms with Crippen molar-refractivity contribution in [2.24, 2.45) is 0 Å². The van der Waals surface area contributed by atoms with Crippen LogP contribution in [0.3, 0.4) is 0 Å². The normalized spacial score (nSPS) is 23.9. The van der Waals surface area contributed by atoms with Crippen molar-refractivity contribution < 1.29 is 8.42 Å². The molecule has 52 valence electrons. The number of sulfone groups is 1. The Hall–Kier alpha value is -0.310. The van der Waals surface area contributed by atoms with Gasteiger partial charge in [0.15, 0.2) is 9.84 Å². The van der Waals surface area contributed by atoms with Crippen LogP contribution in [0.2, 0.25) is 0 Å². The smallest absolute Gasteiger partial charge is 0.157 e. The maximum Gasteiger partial charge on any atom is 0.157 e. The van der Waals surface area contributed by atoms with Crippen LogP contribution >= 0.6 is 0 Å². The van der Waals surface area contributed by atoms with Crippen LogP contribution in [0.1, 0.15) is 13.3 Å². The highest BCUT2D eigenvalue weighted by molar-refractivity contribution is 7.92. The second-order valence-corrected chi connectivity index (χ2v) is 4.38. The van der Waals surface area contributed by atoms with Gasteiger partial charge in [-0.25, -0.2) is 8.42 Å². The largest absolute Gasteiger partial charge is 0.228 e. The molecule has 1 heterocycles. The molecule has 0 amide bonds. The first-order valence-corrected chi connectivity index (χ1v) is 4.84. The van der Waals surface area contributed by atoms with Crippen LogP contribution in [0.4, 0.5) is 0 Å². The average Bonchev–Trinajstić information content (AvgIpc) is 2.10. The summed E-state index contributed by atoms with van der Waals surface area (Å²) in [5, 5.41) is 0. The SMILES string of the molecule is CCC1=CCS(=O)(=O)C1. The lowest BCUT2D eigenvalue weighted by Gasteiger charge is -1.90. The molecule has 0 fully saturated rings. The molecule has 2 nitrogen and oxygen atoms in total. The van der Waals surface area contributed by atoms with Gasteiger partial charge in [0, 0.05) is 0 Å². The van der Waals surface area contributed by atoms with Crippen molar-refractivity contribution in [1.82, 2.24) is 0 Å². The minimum absolute atomic E-state index is 0.260. The zero-order valence-corrected chi connectivity index (χ0v) is 6.24. The van der Waals surface area contributed by atoms with Crippen LogP contribution in [-0.4, -0.2) is 19.9 Å². The van der Waals surface area contributed by atoms with Gasteiger partial charge in [-0.05, 0) is 6.42 Å². The van der Waals surface area contributed by atoms with Crippen LogP contribution in [0.25, 0.3) is 0 Å². The van der Waals surface area contributed by atoms with E-state index in [1.54, 1.807) is 0 Å². The Labute approximate surface area is 55.5 Å². The van der Waals surface area contributed by atoms with E-state index >= 15 is 0 Å². The number of rotatable bonds is 1. The lowest BCUT2D eigenvalue weighted by Crippen LogP contribution is -2.02. The Balaban J connectivity index is 2.71. The van der Waals surface area contributed by atoms with E-state index in [0.717, 1.165) is 12.0 Å². The maximum atomic E-state index is 10.7. The van der Waals surface area contributed by atoms with Crippen molar-refractivity contribution in [2.45, 2.75) is 13.3 Å². The van der Waals surface area contributed by atoms with Crippen LogP contribution in [0.5, 0.6) is 0 Å². The average molecular weight is 146 g/mol. The lowest BCUT2D eigenvalue weighted by molar-refractivity contribution is 0.603. The third-order valence-electron chi connectivity index (χ3n) is 1.49. The fourth-order valence-corrected chi connectivity index (χ4v) is 2.39. The fraction of sp³-hybridized carbons (Fsp3) is 0.667. The highest BCUT2D eigenvalue weighted by Gasteiger charge is 2.17. The molecule has 1 aliphatic rings. The van der Waals surface area contributed by atoms with E-state index in [4.69, 9.17) is 0 Å². The zero-order valence-electron chi connectivity index (χ0n) is 5.42. The molecule has 0 unspecified atom stereocenters. The zero-order chi connectivity index (χ0) is 6.91. The molecule has 0 bridgehead atoms. The van der Waals surface area contributed by atoms with Gasteiger partial charge in [0.25, 0.3) is 0 Å². The van der Waals surface area contributed by atoms with E-state index < -0.39 is 9.84 Å². The van der Waals surface area contributed by atoms with Gasteiger partial charge in [0.2, 0.25) is 0 Å². The van der Waals surface area contributed by atoms with Crippen molar-refractivity contribution in [1.29, 1.82) is 0 Å². The van der Waals surface area contributed by atoms with E-state index in [9.17, 15) is 8.42 Å². The molecule has 0 saturated carbocycles. The molecule has 0 atom stereocenters. The Morgan fingerprint density at radius 3 is 2.56 bits per heavy atom. The summed E-state index contributed by atoms with van der Waals surface area (Å²) in [5.41, 5.74) is 1.06. The lowest BCUT2D eigenvalue weighted by atomic mass is 10.2. The molecule has 3 heteroatoms. The molecule has 0 N–H and O–H groups in total. The molecule has 0 aromatic rings. The van der Waals surface area contributed by atoms with Crippen LogP contribution in [0, 0.1) is 0 Å². The molecule has 0 aliphatic carbocycles. The highest BCUT2D eigenvalue weighted by atomic mass is 32.2. The standard InChI is InChI=1S/C6H10O2S/c1-2-6-3-4-9(7,8)5-6/h3H,2,4-5H2,1H3. The Morgan fingerprint density at radius 1 is 1.67 bits per heavy atom. The van der Waals surface area contributed by atoms with Crippen molar-refractivity contribution >= 4 is 9.84 Å². The first-order chi connectivity index (χ1) is 4.14. The highest BCUT2D eigenvalue weighted by Crippen LogP contribution is 2.13. The van der Waals surface area contributed by atoms with Crippen LogP contribution < -0.4 is 0 Å². The molecule has 0 saturated heterocycles. The number of hydrogen-bond donors (Lipinski definition) is 0. The predicted octanol–water partition coefficient (Wildman–Crippen LogP) is 0.751. The monoisotopic (exact) mass is 146 g/mol. The first kappa shape index (κ1) is 6.81. The summed E-state index contributed by atoms with van der Waals surface area (Å²) in [6.07, 6.45) is 2.69. The van der Waals surface area contributed by atoms with Gasteiger partial charge in [-0.3, -0.25) is 0 Å². The van der Waals surface area contributed by atoms with Crippen molar-refractivity contribution in [3.05, 3.63) is 11.6 Å². The fourth-order valence-electron chi connectivity index (χ4n) is 0.892. The molecule has 0 spiro atoms. The van der Waals surface area contributed by atoms with E-state index in [-0.39, 0.29) is 5.75 Å². The quantitative estimate of drug-likeness (QED) is 0.511. The Morgan fingerprint density at radius 2 is 2.33 bits per heavy atom. The van der Waals surface area contributed by atoms with Crippen LogP contribution in [0.15, 0.2) is 11.6 Å². The molecule has 0 radical (unpaired) electrons. The molecule has 1 aliphatic heterocycles. The van der Waals surface area contributed by atoms with Gasteiger partial charge < -0.3 is 0 Å². The predicted molar refractivity (Wildman–Crippen MR) is 37.0 cm³/mol. The van der Waals surface area contributed by atoms with E-state index in [1.165, 1.54) is 0 Å².